The zero-order valence-electron chi connectivity index (χ0n) is 18.0. The number of nitrogens with zero attached hydrogens (tertiary/aromatic N) is 1. The summed E-state index contributed by atoms with van der Waals surface area (Å²) in [6.45, 7) is 0.264. The zero-order valence-corrected chi connectivity index (χ0v) is 20.3. The number of pyridine rings is 1. The van der Waals surface area contributed by atoms with Crippen LogP contribution < -0.4 is 20.2 Å². The summed E-state index contributed by atoms with van der Waals surface area (Å²) < 4.78 is 30.4. The van der Waals surface area contributed by atoms with Gasteiger partial charge in [-0.3, -0.25) is 9.59 Å². The highest BCUT2D eigenvalue weighted by atomic mass is 35.5. The van der Waals surface area contributed by atoms with E-state index in [9.17, 15) is 18.0 Å². The Bertz CT molecular complexity index is 1400. The molecule has 0 saturated carbocycles. The largest absolute Gasteiger partial charge is 0.497 e. The first-order valence-electron chi connectivity index (χ1n) is 9.92. The normalized spacial score (nSPS) is 11.5. The molecule has 0 fully saturated rings. The van der Waals surface area contributed by atoms with Gasteiger partial charge < -0.3 is 9.30 Å². The fourth-order valence-electron chi connectivity index (χ4n) is 3.18. The molecule has 1 amide bonds. The minimum absolute atomic E-state index is 0.00135. The molecule has 0 aliphatic rings. The molecule has 1 heterocycles. The Balaban J connectivity index is 1.83. The van der Waals surface area contributed by atoms with Crippen molar-refractivity contribution in [1.82, 2.24) is 9.29 Å². The number of aryl methyl sites for hydroxylation is 1. The van der Waals surface area contributed by atoms with Gasteiger partial charge >= 0.3 is 0 Å². The van der Waals surface area contributed by atoms with Gasteiger partial charge in [-0.15, -0.1) is 0 Å². The number of halogens is 2. The summed E-state index contributed by atoms with van der Waals surface area (Å²) in [7, 11) is -2.57. The lowest BCUT2D eigenvalue weighted by Gasteiger charge is -2.13. The Morgan fingerprint density at radius 1 is 1.09 bits per heavy atom. The predicted octanol–water partition coefficient (Wildman–Crippen LogP) is 3.51. The van der Waals surface area contributed by atoms with Gasteiger partial charge in [0.25, 0.3) is 21.7 Å². The first-order valence-corrected chi connectivity index (χ1v) is 12.2. The summed E-state index contributed by atoms with van der Waals surface area (Å²) >= 11 is 12.5. The number of hydrogen-bond donors (Lipinski definition) is 2. The van der Waals surface area contributed by atoms with Crippen LogP contribution in [0.2, 0.25) is 10.0 Å². The SMILES string of the molecule is COc1cccc(/C=C/c2c(Cl)cc(Cl)c(=O)n2CCc2ccc(C(=O)NS(N)(=O)=O)cc2)c1. The molecule has 3 rings (SSSR count). The van der Waals surface area contributed by atoms with Gasteiger partial charge in [0.15, 0.2) is 0 Å². The van der Waals surface area contributed by atoms with E-state index in [1.165, 1.54) is 22.8 Å². The summed E-state index contributed by atoms with van der Waals surface area (Å²) in [5.41, 5.74) is 1.89. The van der Waals surface area contributed by atoms with Gasteiger partial charge in [-0.25, -0.2) is 9.86 Å². The van der Waals surface area contributed by atoms with Crippen LogP contribution in [0.15, 0.2) is 59.4 Å². The molecule has 1 aromatic heterocycles. The van der Waals surface area contributed by atoms with Gasteiger partial charge in [0.05, 0.1) is 17.8 Å². The minimum Gasteiger partial charge on any atom is -0.497 e. The number of hydrogen-bond acceptors (Lipinski definition) is 5. The molecule has 0 spiro atoms. The lowest BCUT2D eigenvalue weighted by atomic mass is 10.1. The van der Waals surface area contributed by atoms with Crippen molar-refractivity contribution >= 4 is 51.5 Å². The molecule has 0 aliphatic carbocycles. The van der Waals surface area contributed by atoms with Crippen LogP contribution in [0.25, 0.3) is 12.2 Å². The van der Waals surface area contributed by atoms with E-state index < -0.39 is 16.1 Å². The maximum absolute atomic E-state index is 12.7. The summed E-state index contributed by atoms with van der Waals surface area (Å²) in [5, 5.41) is 5.14. The molecule has 0 bridgehead atoms. The van der Waals surface area contributed by atoms with Crippen molar-refractivity contribution in [2.75, 3.05) is 7.11 Å². The molecule has 3 N–H and O–H groups in total. The number of aromatic nitrogens is 1. The molecule has 0 unspecified atom stereocenters. The molecule has 34 heavy (non-hydrogen) atoms. The lowest BCUT2D eigenvalue weighted by Crippen LogP contribution is -2.35. The van der Waals surface area contributed by atoms with Crippen LogP contribution >= 0.6 is 23.2 Å². The van der Waals surface area contributed by atoms with E-state index in [0.717, 1.165) is 11.1 Å². The number of amides is 1. The van der Waals surface area contributed by atoms with E-state index in [-0.39, 0.29) is 22.7 Å². The standard InChI is InChI=1S/C23H21Cl2N3O5S/c1-33-18-4-2-3-16(13-18)7-10-21-19(24)14-20(25)23(30)28(21)12-11-15-5-8-17(9-6-15)22(29)27-34(26,31)32/h2-10,13-14H,11-12H2,1H3,(H,27,29)(H2,26,31,32)/b10-7+. The first kappa shape index (κ1) is 25.5. The van der Waals surface area contributed by atoms with E-state index in [1.807, 2.05) is 30.3 Å². The predicted molar refractivity (Wildman–Crippen MR) is 133 cm³/mol. The number of nitrogens with one attached hydrogen (secondary N) is 1. The molecule has 8 nitrogen and oxygen atoms in total. The average molecular weight is 522 g/mol. The topological polar surface area (TPSA) is 120 Å². The summed E-state index contributed by atoms with van der Waals surface area (Å²) in [5.74, 6) is -0.139. The van der Waals surface area contributed by atoms with Gasteiger partial charge in [-0.2, -0.15) is 8.42 Å². The molecule has 178 valence electrons. The molecule has 0 aliphatic heterocycles. The fraction of sp³-hybridized carbons (Fsp3) is 0.130. The molecule has 3 aromatic rings. The summed E-state index contributed by atoms with van der Waals surface area (Å²) in [6, 6.07) is 15.1. The average Bonchev–Trinajstić information content (AvgIpc) is 2.79. The number of rotatable bonds is 8. The third kappa shape index (κ3) is 6.71. The van der Waals surface area contributed by atoms with E-state index in [2.05, 4.69) is 0 Å². The zero-order chi connectivity index (χ0) is 24.9. The second kappa shape index (κ2) is 10.9. The van der Waals surface area contributed by atoms with Crippen LogP contribution in [0, 0.1) is 0 Å². The van der Waals surface area contributed by atoms with Crippen LogP contribution in [0.1, 0.15) is 27.2 Å². The minimum atomic E-state index is -4.15. The molecular formula is C23H21Cl2N3O5S. The molecule has 2 aromatic carbocycles. The van der Waals surface area contributed by atoms with Gasteiger partial charge in [0, 0.05) is 12.1 Å². The molecular weight excluding hydrogens is 501 g/mol. The van der Waals surface area contributed by atoms with Crippen LogP contribution in [0.4, 0.5) is 0 Å². The van der Waals surface area contributed by atoms with Crippen molar-refractivity contribution in [3.8, 4) is 5.75 Å². The Morgan fingerprint density at radius 2 is 1.79 bits per heavy atom. The molecule has 11 heteroatoms. The monoisotopic (exact) mass is 521 g/mol. The Morgan fingerprint density at radius 3 is 2.44 bits per heavy atom. The third-order valence-electron chi connectivity index (χ3n) is 4.84. The molecule has 0 saturated heterocycles. The number of carbonyl (C=O) groups excluding carboxylic acids is 1. The molecule has 0 radical (unpaired) electrons. The van der Waals surface area contributed by atoms with Gasteiger partial charge in [0.2, 0.25) is 0 Å². The second-order valence-electron chi connectivity index (χ2n) is 7.22. The van der Waals surface area contributed by atoms with Crippen LogP contribution in [-0.4, -0.2) is 26.0 Å². The van der Waals surface area contributed by atoms with Crippen molar-refractivity contribution in [3.05, 3.63) is 97.4 Å². The van der Waals surface area contributed by atoms with E-state index in [0.29, 0.717) is 22.9 Å². The van der Waals surface area contributed by atoms with E-state index in [4.69, 9.17) is 33.1 Å². The Labute approximate surface area is 206 Å². The van der Waals surface area contributed by atoms with Crippen molar-refractivity contribution in [3.63, 3.8) is 0 Å². The van der Waals surface area contributed by atoms with E-state index >= 15 is 0 Å². The van der Waals surface area contributed by atoms with Crippen molar-refractivity contribution < 1.29 is 17.9 Å². The number of benzene rings is 2. The van der Waals surface area contributed by atoms with Crippen LogP contribution in [-0.2, 0) is 23.2 Å². The second-order valence-corrected chi connectivity index (χ2v) is 9.32. The lowest BCUT2D eigenvalue weighted by molar-refractivity contribution is 0.0981. The van der Waals surface area contributed by atoms with Crippen LogP contribution in [0.5, 0.6) is 5.75 Å². The van der Waals surface area contributed by atoms with Gasteiger partial charge in [0.1, 0.15) is 10.8 Å². The Hall–Kier alpha value is -3.11. The third-order valence-corrected chi connectivity index (χ3v) is 5.88. The number of carbonyl (C=O) groups is 1. The van der Waals surface area contributed by atoms with Gasteiger partial charge in [-0.05, 0) is 54.0 Å². The maximum atomic E-state index is 12.7. The van der Waals surface area contributed by atoms with Crippen LogP contribution in [0.3, 0.4) is 0 Å². The highest BCUT2D eigenvalue weighted by Gasteiger charge is 2.13. The quantitative estimate of drug-likeness (QED) is 0.469. The number of nitrogens with two attached hydrogens (primary N) is 1. The summed E-state index contributed by atoms with van der Waals surface area (Å²) in [6.07, 6.45) is 3.97. The Kier molecular flexibility index (Phi) is 8.16. The van der Waals surface area contributed by atoms with Crippen molar-refractivity contribution in [2.45, 2.75) is 13.0 Å². The van der Waals surface area contributed by atoms with Gasteiger partial charge in [-0.1, -0.05) is 53.5 Å². The maximum Gasteiger partial charge on any atom is 0.298 e. The van der Waals surface area contributed by atoms with E-state index in [1.54, 1.807) is 30.0 Å². The fourth-order valence-corrected chi connectivity index (χ4v) is 4.10. The highest BCUT2D eigenvalue weighted by molar-refractivity contribution is 7.87. The van der Waals surface area contributed by atoms with Crippen molar-refractivity contribution in [1.29, 1.82) is 0 Å². The number of ether oxygens (including phenoxy) is 1. The summed E-state index contributed by atoms with van der Waals surface area (Å²) in [4.78, 5) is 24.6. The highest BCUT2D eigenvalue weighted by Crippen LogP contribution is 2.22. The first-order chi connectivity index (χ1) is 16.1. The van der Waals surface area contributed by atoms with Crippen molar-refractivity contribution in [2.24, 2.45) is 5.14 Å². The molecule has 0 atom stereocenters. The number of methoxy groups -OCH3 is 1. The smallest absolute Gasteiger partial charge is 0.298 e.